The number of likely N-dealkylation sites (tertiary alicyclic amines) is 1. The third-order valence-corrected chi connectivity index (χ3v) is 4.68. The van der Waals surface area contributed by atoms with Crippen LogP contribution in [0.2, 0.25) is 0 Å². The van der Waals surface area contributed by atoms with Crippen LogP contribution in [0.4, 0.5) is 0 Å². The number of imidazole rings is 1. The van der Waals surface area contributed by atoms with Crippen LogP contribution in [0.3, 0.4) is 0 Å². The van der Waals surface area contributed by atoms with Gasteiger partial charge < -0.3 is 9.51 Å². The quantitative estimate of drug-likeness (QED) is 0.806. The maximum atomic E-state index is 9.37. The lowest BCUT2D eigenvalue weighted by Crippen LogP contribution is -2.22. The lowest BCUT2D eigenvalue weighted by atomic mass is 10.1. The molecule has 1 N–H and O–H groups in total. The third-order valence-electron chi connectivity index (χ3n) is 4.68. The normalized spacial score (nSPS) is 18.7. The lowest BCUT2D eigenvalue weighted by molar-refractivity contribution is 0.219. The van der Waals surface area contributed by atoms with Crippen LogP contribution in [0.25, 0.3) is 16.9 Å². The Labute approximate surface area is 136 Å². The summed E-state index contributed by atoms with van der Waals surface area (Å²) in [5, 5.41) is 9.37. The van der Waals surface area contributed by atoms with Crippen molar-refractivity contribution in [3.63, 3.8) is 0 Å². The summed E-state index contributed by atoms with van der Waals surface area (Å²) in [7, 11) is 0. The van der Waals surface area contributed by atoms with E-state index in [1.54, 1.807) is 0 Å². The van der Waals surface area contributed by atoms with Crippen molar-refractivity contribution in [2.24, 2.45) is 5.92 Å². The predicted octanol–water partition coefficient (Wildman–Crippen LogP) is 2.82. The first kappa shape index (κ1) is 14.4. The van der Waals surface area contributed by atoms with Crippen molar-refractivity contribution in [3.05, 3.63) is 60.4 Å². The molecule has 1 saturated heterocycles. The smallest absolute Gasteiger partial charge is 0.137 e. The summed E-state index contributed by atoms with van der Waals surface area (Å²) < 4.78 is 2.19. The molecule has 23 heavy (non-hydrogen) atoms. The van der Waals surface area contributed by atoms with Crippen molar-refractivity contribution in [1.82, 2.24) is 14.3 Å². The molecular weight excluding hydrogens is 286 g/mol. The summed E-state index contributed by atoms with van der Waals surface area (Å²) in [5.41, 5.74) is 4.43. The van der Waals surface area contributed by atoms with Crippen LogP contribution in [0.5, 0.6) is 0 Å². The fourth-order valence-electron chi connectivity index (χ4n) is 3.44. The van der Waals surface area contributed by atoms with E-state index in [0.29, 0.717) is 5.92 Å². The molecule has 4 heteroatoms. The van der Waals surface area contributed by atoms with Crippen LogP contribution >= 0.6 is 0 Å². The van der Waals surface area contributed by atoms with Crippen molar-refractivity contribution >= 4 is 5.65 Å². The van der Waals surface area contributed by atoms with Gasteiger partial charge in [0.2, 0.25) is 0 Å². The summed E-state index contributed by atoms with van der Waals surface area (Å²) in [5.74, 6) is 0.411. The van der Waals surface area contributed by atoms with Crippen LogP contribution in [-0.2, 0) is 6.54 Å². The Morgan fingerprint density at radius 3 is 2.70 bits per heavy atom. The van der Waals surface area contributed by atoms with E-state index in [9.17, 15) is 5.11 Å². The first-order valence-corrected chi connectivity index (χ1v) is 8.20. The average molecular weight is 307 g/mol. The highest BCUT2D eigenvalue weighted by Crippen LogP contribution is 2.27. The molecule has 0 bridgehead atoms. The van der Waals surface area contributed by atoms with Gasteiger partial charge in [-0.25, -0.2) is 4.98 Å². The van der Waals surface area contributed by atoms with Gasteiger partial charge in [-0.1, -0.05) is 36.4 Å². The number of rotatable bonds is 4. The minimum Gasteiger partial charge on any atom is -0.396 e. The van der Waals surface area contributed by atoms with Gasteiger partial charge >= 0.3 is 0 Å². The molecule has 0 aliphatic carbocycles. The molecule has 1 aromatic carbocycles. The van der Waals surface area contributed by atoms with Crippen molar-refractivity contribution < 1.29 is 5.11 Å². The van der Waals surface area contributed by atoms with Gasteiger partial charge in [-0.2, -0.15) is 0 Å². The second-order valence-corrected chi connectivity index (χ2v) is 6.27. The minimum absolute atomic E-state index is 0.287. The van der Waals surface area contributed by atoms with Gasteiger partial charge in [-0.3, -0.25) is 4.90 Å². The molecule has 0 saturated carbocycles. The summed E-state index contributed by atoms with van der Waals surface area (Å²) in [4.78, 5) is 7.27. The zero-order valence-electron chi connectivity index (χ0n) is 13.1. The zero-order chi connectivity index (χ0) is 15.6. The van der Waals surface area contributed by atoms with E-state index in [-0.39, 0.29) is 6.61 Å². The van der Waals surface area contributed by atoms with Crippen LogP contribution in [0, 0.1) is 5.92 Å². The number of aromatic nitrogens is 2. The second-order valence-electron chi connectivity index (χ2n) is 6.27. The van der Waals surface area contributed by atoms with Crippen LogP contribution in [0.1, 0.15) is 12.1 Å². The Morgan fingerprint density at radius 2 is 1.91 bits per heavy atom. The number of hydrogen-bond donors (Lipinski definition) is 1. The molecular formula is C19H21N3O. The highest BCUT2D eigenvalue weighted by Gasteiger charge is 2.24. The first-order chi connectivity index (χ1) is 11.3. The van der Waals surface area contributed by atoms with E-state index in [0.717, 1.165) is 43.0 Å². The van der Waals surface area contributed by atoms with Crippen molar-refractivity contribution in [3.8, 4) is 11.3 Å². The first-order valence-electron chi connectivity index (χ1n) is 8.20. The molecule has 1 aliphatic heterocycles. The number of aliphatic hydroxyl groups excluding tert-OH is 1. The molecule has 2 aromatic heterocycles. The highest BCUT2D eigenvalue weighted by molar-refractivity contribution is 5.66. The zero-order valence-corrected chi connectivity index (χ0v) is 13.1. The van der Waals surface area contributed by atoms with Gasteiger partial charge in [0.05, 0.1) is 11.4 Å². The number of pyridine rings is 1. The summed E-state index contributed by atoms with van der Waals surface area (Å²) >= 11 is 0. The number of nitrogens with zero attached hydrogens (tertiary/aromatic N) is 3. The van der Waals surface area contributed by atoms with E-state index >= 15 is 0 Å². The fourth-order valence-corrected chi connectivity index (χ4v) is 3.44. The Kier molecular flexibility index (Phi) is 3.85. The van der Waals surface area contributed by atoms with Crippen LogP contribution in [-0.4, -0.2) is 39.1 Å². The van der Waals surface area contributed by atoms with E-state index < -0.39 is 0 Å². The Morgan fingerprint density at radius 1 is 1.09 bits per heavy atom. The highest BCUT2D eigenvalue weighted by atomic mass is 16.3. The third kappa shape index (κ3) is 2.76. The van der Waals surface area contributed by atoms with Crippen molar-refractivity contribution in [2.45, 2.75) is 13.0 Å². The molecule has 118 valence electrons. The van der Waals surface area contributed by atoms with Crippen molar-refractivity contribution in [2.75, 3.05) is 19.7 Å². The van der Waals surface area contributed by atoms with Gasteiger partial charge in [0.15, 0.2) is 0 Å². The largest absolute Gasteiger partial charge is 0.396 e. The van der Waals surface area contributed by atoms with Gasteiger partial charge in [-0.05, 0) is 31.0 Å². The molecule has 4 nitrogen and oxygen atoms in total. The van der Waals surface area contributed by atoms with Gasteiger partial charge in [0.1, 0.15) is 5.65 Å². The summed E-state index contributed by atoms with van der Waals surface area (Å²) in [6.45, 7) is 3.16. The summed E-state index contributed by atoms with van der Waals surface area (Å²) in [6, 6.07) is 16.5. The maximum absolute atomic E-state index is 9.37. The fraction of sp³-hybridized carbons (Fsp3) is 0.316. The van der Waals surface area contributed by atoms with E-state index in [1.807, 2.05) is 18.2 Å². The molecule has 0 radical (unpaired) electrons. The number of hydrogen-bond acceptors (Lipinski definition) is 3. The molecule has 3 aromatic rings. The SMILES string of the molecule is OCC1CCN(Cc2c(-c3ccccc3)nc3ccccn23)C1. The van der Waals surface area contributed by atoms with Gasteiger partial charge in [0.25, 0.3) is 0 Å². The molecule has 1 unspecified atom stereocenters. The van der Waals surface area contributed by atoms with Crippen LogP contribution in [0.15, 0.2) is 54.7 Å². The standard InChI is InChI=1S/C19H21N3O/c23-14-15-9-11-21(12-15)13-17-19(16-6-2-1-3-7-16)20-18-8-4-5-10-22(17)18/h1-8,10,15,23H,9,11-14H2. The Balaban J connectivity index is 1.74. The number of fused-ring (bicyclic) bond motifs is 1. The Hall–Kier alpha value is -2.17. The van der Waals surface area contributed by atoms with Crippen molar-refractivity contribution in [1.29, 1.82) is 0 Å². The molecule has 0 amide bonds. The predicted molar refractivity (Wildman–Crippen MR) is 91.1 cm³/mol. The van der Waals surface area contributed by atoms with Gasteiger partial charge in [0, 0.05) is 31.5 Å². The molecule has 1 fully saturated rings. The molecule has 4 rings (SSSR count). The molecule has 0 spiro atoms. The Bertz CT molecular complexity index is 797. The lowest BCUT2D eigenvalue weighted by Gasteiger charge is -2.16. The molecule has 3 heterocycles. The summed E-state index contributed by atoms with van der Waals surface area (Å²) in [6.07, 6.45) is 3.16. The van der Waals surface area contributed by atoms with E-state index in [1.165, 1.54) is 5.69 Å². The molecule has 1 atom stereocenters. The molecule has 1 aliphatic rings. The number of aliphatic hydroxyl groups is 1. The number of benzene rings is 1. The van der Waals surface area contributed by atoms with Gasteiger partial charge in [-0.15, -0.1) is 0 Å². The average Bonchev–Trinajstić information content (AvgIpc) is 3.21. The maximum Gasteiger partial charge on any atom is 0.137 e. The minimum atomic E-state index is 0.287. The van der Waals surface area contributed by atoms with Crippen LogP contribution < -0.4 is 0 Å². The van der Waals surface area contributed by atoms with E-state index in [4.69, 9.17) is 4.98 Å². The second kappa shape index (κ2) is 6.14. The topological polar surface area (TPSA) is 40.8 Å². The van der Waals surface area contributed by atoms with E-state index in [2.05, 4.69) is 45.8 Å². The monoisotopic (exact) mass is 307 g/mol.